The van der Waals surface area contributed by atoms with Gasteiger partial charge in [-0.25, -0.2) is 4.79 Å². The van der Waals surface area contributed by atoms with E-state index in [0.717, 1.165) is 29.1 Å². The van der Waals surface area contributed by atoms with Crippen molar-refractivity contribution in [2.45, 2.75) is 38.1 Å². The first kappa shape index (κ1) is 13.1. The molecule has 114 valence electrons. The van der Waals surface area contributed by atoms with E-state index in [1.54, 1.807) is 0 Å². The van der Waals surface area contributed by atoms with Crippen LogP contribution in [0.5, 0.6) is 0 Å². The topological polar surface area (TPSA) is 78.5 Å². The van der Waals surface area contributed by atoms with Crippen molar-refractivity contribution in [3.05, 3.63) is 0 Å². The van der Waals surface area contributed by atoms with E-state index < -0.39 is 6.03 Å². The molecule has 3 aliphatic carbocycles. The minimum absolute atomic E-state index is 0.00396. The summed E-state index contributed by atoms with van der Waals surface area (Å²) in [5, 5.41) is 5.51. The van der Waals surface area contributed by atoms with Crippen molar-refractivity contribution < 1.29 is 14.4 Å². The Kier molecular flexibility index (Phi) is 2.94. The lowest BCUT2D eigenvalue weighted by atomic mass is 9.79. The number of carbonyl (C=O) groups is 3. The van der Waals surface area contributed by atoms with Gasteiger partial charge in [0.1, 0.15) is 6.54 Å². The summed E-state index contributed by atoms with van der Waals surface area (Å²) in [6, 6.07) is -0.207. The summed E-state index contributed by atoms with van der Waals surface area (Å²) in [5.41, 5.74) is 0. The molecule has 1 heterocycles. The first-order valence-corrected chi connectivity index (χ1v) is 8.01. The molecule has 4 aliphatic rings. The van der Waals surface area contributed by atoms with Crippen molar-refractivity contribution in [2.75, 3.05) is 13.1 Å². The molecule has 5 atom stereocenters. The fourth-order valence-electron chi connectivity index (χ4n) is 5.25. The van der Waals surface area contributed by atoms with Crippen molar-refractivity contribution in [1.29, 1.82) is 0 Å². The van der Waals surface area contributed by atoms with E-state index in [9.17, 15) is 14.4 Å². The molecule has 0 aromatic heterocycles. The molecular weight excluding hydrogens is 270 g/mol. The maximum absolute atomic E-state index is 12.1. The van der Waals surface area contributed by atoms with E-state index in [1.807, 2.05) is 0 Å². The number of carbonyl (C=O) groups excluding carboxylic acids is 3. The van der Waals surface area contributed by atoms with Crippen LogP contribution >= 0.6 is 0 Å². The molecule has 1 aliphatic heterocycles. The van der Waals surface area contributed by atoms with Crippen molar-refractivity contribution in [2.24, 2.45) is 23.7 Å². The van der Waals surface area contributed by atoms with Gasteiger partial charge in [0, 0.05) is 6.04 Å². The van der Waals surface area contributed by atoms with Crippen LogP contribution < -0.4 is 10.6 Å². The van der Waals surface area contributed by atoms with Crippen LogP contribution in [0.1, 0.15) is 32.1 Å². The number of nitrogens with one attached hydrogen (secondary N) is 2. The molecule has 21 heavy (non-hydrogen) atoms. The van der Waals surface area contributed by atoms with Gasteiger partial charge in [-0.15, -0.1) is 0 Å². The Morgan fingerprint density at radius 3 is 2.76 bits per heavy atom. The third-order valence-corrected chi connectivity index (χ3v) is 6.01. The first-order chi connectivity index (χ1) is 10.1. The average molecular weight is 291 g/mol. The van der Waals surface area contributed by atoms with E-state index >= 15 is 0 Å². The summed E-state index contributed by atoms with van der Waals surface area (Å²) in [6.07, 6.45) is 6.35. The van der Waals surface area contributed by atoms with Gasteiger partial charge in [-0.3, -0.25) is 14.5 Å². The molecule has 4 amide bonds. The highest BCUT2D eigenvalue weighted by molar-refractivity contribution is 6.04. The van der Waals surface area contributed by atoms with Gasteiger partial charge in [0.05, 0.1) is 6.54 Å². The second kappa shape index (κ2) is 4.71. The van der Waals surface area contributed by atoms with Crippen LogP contribution in [0.25, 0.3) is 0 Å². The van der Waals surface area contributed by atoms with Crippen LogP contribution in [-0.4, -0.2) is 41.9 Å². The predicted octanol–water partition coefficient (Wildman–Crippen LogP) is 0.479. The van der Waals surface area contributed by atoms with Crippen LogP contribution in [0.4, 0.5) is 4.79 Å². The van der Waals surface area contributed by atoms with Crippen molar-refractivity contribution in [3.63, 3.8) is 0 Å². The minimum atomic E-state index is -0.459. The minimum Gasteiger partial charge on any atom is -0.352 e. The SMILES string of the molecule is O=C(CN1C(=O)CNC1=O)NC1CC2CC1C1CCCC21. The molecule has 0 spiro atoms. The number of imide groups is 1. The molecule has 6 nitrogen and oxygen atoms in total. The Morgan fingerprint density at radius 2 is 2.00 bits per heavy atom. The Morgan fingerprint density at radius 1 is 1.19 bits per heavy atom. The second-order valence-corrected chi connectivity index (χ2v) is 6.97. The molecule has 4 rings (SSSR count). The van der Waals surface area contributed by atoms with Gasteiger partial charge in [0.2, 0.25) is 5.91 Å². The van der Waals surface area contributed by atoms with E-state index in [-0.39, 0.29) is 30.9 Å². The van der Waals surface area contributed by atoms with Crippen LogP contribution in [0.3, 0.4) is 0 Å². The van der Waals surface area contributed by atoms with Gasteiger partial charge >= 0.3 is 6.03 Å². The smallest absolute Gasteiger partial charge is 0.325 e. The summed E-state index contributed by atoms with van der Waals surface area (Å²) >= 11 is 0. The average Bonchev–Trinajstić information content (AvgIpc) is 3.16. The molecule has 1 saturated heterocycles. The van der Waals surface area contributed by atoms with Crippen LogP contribution in [0, 0.1) is 23.7 Å². The fourth-order valence-corrected chi connectivity index (χ4v) is 5.25. The Bertz CT molecular complexity index is 490. The highest BCUT2D eigenvalue weighted by Gasteiger charge is 2.54. The summed E-state index contributed by atoms with van der Waals surface area (Å²) in [6.45, 7) is -0.142. The molecule has 0 radical (unpaired) electrons. The quantitative estimate of drug-likeness (QED) is 0.742. The number of fused-ring (bicyclic) bond motifs is 5. The second-order valence-electron chi connectivity index (χ2n) is 6.97. The fraction of sp³-hybridized carbons (Fsp3) is 0.800. The molecule has 0 aromatic rings. The monoisotopic (exact) mass is 291 g/mol. The highest BCUT2D eigenvalue weighted by atomic mass is 16.2. The molecular formula is C15H21N3O3. The predicted molar refractivity (Wildman–Crippen MR) is 74.1 cm³/mol. The Labute approximate surface area is 123 Å². The third-order valence-electron chi connectivity index (χ3n) is 6.01. The number of hydrogen-bond acceptors (Lipinski definition) is 3. The van der Waals surface area contributed by atoms with E-state index in [1.165, 1.54) is 25.7 Å². The maximum Gasteiger partial charge on any atom is 0.325 e. The molecule has 6 heteroatoms. The molecule has 4 fully saturated rings. The van der Waals surface area contributed by atoms with Crippen molar-refractivity contribution in [3.8, 4) is 0 Å². The largest absolute Gasteiger partial charge is 0.352 e. The first-order valence-electron chi connectivity index (χ1n) is 8.01. The van der Waals surface area contributed by atoms with E-state index in [4.69, 9.17) is 0 Å². The molecule has 2 bridgehead atoms. The zero-order chi connectivity index (χ0) is 14.6. The number of amides is 4. The zero-order valence-corrected chi connectivity index (χ0v) is 12.0. The van der Waals surface area contributed by atoms with Crippen molar-refractivity contribution >= 4 is 17.8 Å². The van der Waals surface area contributed by atoms with Gasteiger partial charge in [-0.05, 0) is 49.4 Å². The summed E-state index contributed by atoms with van der Waals surface area (Å²) in [7, 11) is 0. The number of nitrogens with zero attached hydrogens (tertiary/aromatic N) is 1. The molecule has 0 aromatic carbocycles. The summed E-state index contributed by atoms with van der Waals surface area (Å²) in [5.74, 6) is 2.57. The third kappa shape index (κ3) is 2.03. The lowest BCUT2D eigenvalue weighted by molar-refractivity contribution is -0.131. The molecule has 2 N–H and O–H groups in total. The maximum atomic E-state index is 12.1. The molecule has 3 saturated carbocycles. The van der Waals surface area contributed by atoms with Gasteiger partial charge < -0.3 is 10.6 Å². The van der Waals surface area contributed by atoms with Gasteiger partial charge in [-0.2, -0.15) is 0 Å². The Balaban J connectivity index is 1.36. The normalized spacial score (nSPS) is 40.6. The number of rotatable bonds is 3. The summed E-state index contributed by atoms with van der Waals surface area (Å²) in [4.78, 5) is 36.1. The summed E-state index contributed by atoms with van der Waals surface area (Å²) < 4.78 is 0. The van der Waals surface area contributed by atoms with Crippen LogP contribution in [0.2, 0.25) is 0 Å². The molecule has 5 unspecified atom stereocenters. The highest BCUT2D eigenvalue weighted by Crippen LogP contribution is 2.58. The number of urea groups is 1. The lowest BCUT2D eigenvalue weighted by Gasteiger charge is -2.32. The van der Waals surface area contributed by atoms with Crippen LogP contribution in [0.15, 0.2) is 0 Å². The van der Waals surface area contributed by atoms with Gasteiger partial charge in [-0.1, -0.05) is 6.42 Å². The van der Waals surface area contributed by atoms with Gasteiger partial charge in [0.25, 0.3) is 5.91 Å². The van der Waals surface area contributed by atoms with Crippen LogP contribution in [-0.2, 0) is 9.59 Å². The lowest BCUT2D eigenvalue weighted by Crippen LogP contribution is -2.47. The van der Waals surface area contributed by atoms with Crippen molar-refractivity contribution in [1.82, 2.24) is 15.5 Å². The standard InChI is InChI=1S/C15H21N3O3/c19-13(7-18-14(20)6-16-15(18)21)17-12-5-8-4-11(12)10-3-1-2-9(8)10/h8-12H,1-7H2,(H,16,21)(H,17,19). The zero-order valence-electron chi connectivity index (χ0n) is 12.0. The number of hydrogen-bond donors (Lipinski definition) is 2. The van der Waals surface area contributed by atoms with Gasteiger partial charge in [0.15, 0.2) is 0 Å². The van der Waals surface area contributed by atoms with E-state index in [0.29, 0.717) is 5.92 Å². The van der Waals surface area contributed by atoms with E-state index in [2.05, 4.69) is 10.6 Å². The Hall–Kier alpha value is -1.59.